The van der Waals surface area contributed by atoms with E-state index in [4.69, 9.17) is 0 Å². The first-order valence-corrected chi connectivity index (χ1v) is 9.25. The van der Waals surface area contributed by atoms with Crippen molar-refractivity contribution in [1.82, 2.24) is 0 Å². The summed E-state index contributed by atoms with van der Waals surface area (Å²) in [5.41, 5.74) is 3.35. The van der Waals surface area contributed by atoms with Crippen LogP contribution >= 0.6 is 31.9 Å². The van der Waals surface area contributed by atoms with Crippen molar-refractivity contribution in [2.24, 2.45) is 0 Å². The highest BCUT2D eigenvalue weighted by Crippen LogP contribution is 2.54. The number of hydrogen-bond acceptors (Lipinski definition) is 0. The molecule has 1 aliphatic carbocycles. The third-order valence-corrected chi connectivity index (χ3v) is 5.96. The molecule has 25 heavy (non-hydrogen) atoms. The van der Waals surface area contributed by atoms with E-state index in [2.05, 4.69) is 51.8 Å². The first-order valence-electron chi connectivity index (χ1n) is 7.66. The van der Waals surface area contributed by atoms with Crippen LogP contribution in [0, 0.1) is 6.07 Å². The summed E-state index contributed by atoms with van der Waals surface area (Å²) < 4.78 is 41.0. The van der Waals surface area contributed by atoms with Crippen molar-refractivity contribution in [2.45, 2.75) is 25.4 Å². The van der Waals surface area contributed by atoms with E-state index < -0.39 is 11.7 Å². The van der Waals surface area contributed by atoms with Crippen LogP contribution in [0.2, 0.25) is 0 Å². The molecule has 0 nitrogen and oxygen atoms in total. The van der Waals surface area contributed by atoms with E-state index in [0.717, 1.165) is 42.7 Å². The standard InChI is InChI=1S/C20H12Br2F3/c1-19(2)15-6-3-10-7-11(20(23,24)25)4-5-13(10)17(15)14-8-12(21)9-16(22)18(14)19/h4-9H,1-2H3. The summed E-state index contributed by atoms with van der Waals surface area (Å²) in [6.45, 7) is 4.25. The van der Waals surface area contributed by atoms with Gasteiger partial charge in [-0.1, -0.05) is 51.8 Å². The first kappa shape index (κ1) is 17.1. The van der Waals surface area contributed by atoms with Crippen molar-refractivity contribution in [3.63, 3.8) is 0 Å². The molecular weight excluding hydrogens is 457 g/mol. The number of fused-ring (bicyclic) bond motifs is 5. The van der Waals surface area contributed by atoms with Gasteiger partial charge in [-0.3, -0.25) is 0 Å². The fourth-order valence-electron chi connectivity index (χ4n) is 3.75. The maximum Gasteiger partial charge on any atom is 0.416 e. The minimum absolute atomic E-state index is 0.252. The van der Waals surface area contributed by atoms with Crippen molar-refractivity contribution < 1.29 is 13.2 Å². The normalized spacial score (nSPS) is 15.3. The molecule has 0 fully saturated rings. The summed E-state index contributed by atoms with van der Waals surface area (Å²) in [5.74, 6) is 0. The molecule has 5 heteroatoms. The second kappa shape index (κ2) is 5.34. The van der Waals surface area contributed by atoms with Gasteiger partial charge in [-0.2, -0.15) is 13.2 Å². The van der Waals surface area contributed by atoms with Crippen LogP contribution in [0.3, 0.4) is 0 Å². The van der Waals surface area contributed by atoms with Gasteiger partial charge in [-0.05, 0) is 69.4 Å². The molecule has 127 valence electrons. The topological polar surface area (TPSA) is 0 Å². The molecule has 0 saturated heterocycles. The van der Waals surface area contributed by atoms with Crippen LogP contribution in [0.25, 0.3) is 21.9 Å². The number of benzene rings is 3. The van der Waals surface area contributed by atoms with E-state index in [-0.39, 0.29) is 5.41 Å². The number of halogens is 5. The van der Waals surface area contributed by atoms with Gasteiger partial charge in [-0.15, -0.1) is 0 Å². The third-order valence-electron chi connectivity index (χ3n) is 4.88. The molecule has 3 aromatic rings. The molecule has 0 heterocycles. The maximum absolute atomic E-state index is 13.0. The Morgan fingerprint density at radius 2 is 1.76 bits per heavy atom. The summed E-state index contributed by atoms with van der Waals surface area (Å²) in [7, 11) is 0. The smallest absolute Gasteiger partial charge is 0.166 e. The van der Waals surface area contributed by atoms with E-state index in [1.165, 1.54) is 6.07 Å². The van der Waals surface area contributed by atoms with Gasteiger partial charge in [0.15, 0.2) is 0 Å². The Morgan fingerprint density at radius 1 is 1.04 bits per heavy atom. The zero-order valence-electron chi connectivity index (χ0n) is 13.4. The monoisotopic (exact) mass is 467 g/mol. The SMILES string of the molecule is CC1(C)c2c[c]c3cc(C(F)(F)F)ccc3c2-c2cc(Br)cc(Br)c21. The second-order valence-electron chi connectivity index (χ2n) is 6.77. The predicted octanol–water partition coefficient (Wildman–Crippen LogP) is 7.49. The molecule has 4 rings (SSSR count). The van der Waals surface area contributed by atoms with Crippen molar-refractivity contribution >= 4 is 42.6 Å². The molecule has 0 aliphatic heterocycles. The molecule has 0 atom stereocenters. The van der Waals surface area contributed by atoms with Gasteiger partial charge >= 0.3 is 6.18 Å². The Labute approximate surface area is 160 Å². The quantitative estimate of drug-likeness (QED) is 0.320. The second-order valence-corrected chi connectivity index (χ2v) is 8.54. The molecule has 0 spiro atoms. The van der Waals surface area contributed by atoms with Crippen LogP contribution in [-0.4, -0.2) is 0 Å². The minimum Gasteiger partial charge on any atom is -0.166 e. The highest BCUT2D eigenvalue weighted by atomic mass is 79.9. The number of hydrogen-bond donors (Lipinski definition) is 0. The van der Waals surface area contributed by atoms with Crippen LogP contribution in [-0.2, 0) is 11.6 Å². The van der Waals surface area contributed by atoms with Crippen LogP contribution in [0.5, 0.6) is 0 Å². The molecule has 0 bridgehead atoms. The molecule has 0 N–H and O–H groups in total. The van der Waals surface area contributed by atoms with E-state index in [9.17, 15) is 13.2 Å². The summed E-state index contributed by atoms with van der Waals surface area (Å²) in [6, 6.07) is 12.8. The van der Waals surface area contributed by atoms with E-state index in [0.29, 0.717) is 5.39 Å². The van der Waals surface area contributed by atoms with E-state index >= 15 is 0 Å². The molecular formula is C20H12Br2F3. The maximum atomic E-state index is 13.0. The van der Waals surface area contributed by atoms with Crippen molar-refractivity contribution in [2.75, 3.05) is 0 Å². The number of alkyl halides is 3. The lowest BCUT2D eigenvalue weighted by molar-refractivity contribution is -0.137. The fraction of sp³-hybridized carbons (Fsp3) is 0.200. The van der Waals surface area contributed by atoms with Gasteiger partial charge in [0.1, 0.15) is 0 Å². The average Bonchev–Trinajstić information content (AvgIpc) is 2.73. The van der Waals surface area contributed by atoms with E-state index in [1.54, 1.807) is 6.07 Å². The molecule has 3 aromatic carbocycles. The van der Waals surface area contributed by atoms with Crippen LogP contribution in [0.4, 0.5) is 13.2 Å². The highest BCUT2D eigenvalue weighted by molar-refractivity contribution is 9.11. The average molecular weight is 469 g/mol. The summed E-state index contributed by atoms with van der Waals surface area (Å²) in [6.07, 6.45) is -4.36. The Balaban J connectivity index is 2.10. The van der Waals surface area contributed by atoms with Crippen molar-refractivity contribution in [1.29, 1.82) is 0 Å². The fourth-order valence-corrected chi connectivity index (χ4v) is 5.47. The minimum atomic E-state index is -4.36. The zero-order chi connectivity index (χ0) is 18.1. The summed E-state index contributed by atoms with van der Waals surface area (Å²) >= 11 is 7.17. The number of rotatable bonds is 0. The summed E-state index contributed by atoms with van der Waals surface area (Å²) in [5, 5.41) is 1.27. The molecule has 0 saturated carbocycles. The van der Waals surface area contributed by atoms with Gasteiger partial charge in [0.2, 0.25) is 0 Å². The molecule has 0 aromatic heterocycles. The molecule has 0 unspecified atom stereocenters. The predicted molar refractivity (Wildman–Crippen MR) is 101 cm³/mol. The van der Waals surface area contributed by atoms with Gasteiger partial charge < -0.3 is 0 Å². The molecule has 0 amide bonds. The molecule has 1 aliphatic rings. The van der Waals surface area contributed by atoms with Crippen LogP contribution in [0.15, 0.2) is 45.3 Å². The Kier molecular flexibility index (Phi) is 3.65. The molecule has 1 radical (unpaired) electrons. The summed E-state index contributed by atoms with van der Waals surface area (Å²) in [4.78, 5) is 0. The largest absolute Gasteiger partial charge is 0.416 e. The van der Waals surface area contributed by atoms with Crippen LogP contribution < -0.4 is 0 Å². The third kappa shape index (κ3) is 2.47. The highest BCUT2D eigenvalue weighted by Gasteiger charge is 2.39. The lowest BCUT2D eigenvalue weighted by Crippen LogP contribution is -2.15. The van der Waals surface area contributed by atoms with Crippen LogP contribution in [0.1, 0.15) is 30.5 Å². The van der Waals surface area contributed by atoms with Gasteiger partial charge in [-0.25, -0.2) is 0 Å². The Morgan fingerprint density at radius 3 is 2.44 bits per heavy atom. The van der Waals surface area contributed by atoms with Gasteiger partial charge in [0, 0.05) is 14.4 Å². The van der Waals surface area contributed by atoms with Crippen molar-refractivity contribution in [3.8, 4) is 11.1 Å². The Bertz CT molecular complexity index is 1030. The lowest BCUT2D eigenvalue weighted by Gasteiger charge is -2.22. The Hall–Kier alpha value is -1.33. The first-order chi connectivity index (χ1) is 11.6. The van der Waals surface area contributed by atoms with Crippen molar-refractivity contribution in [3.05, 3.63) is 68.1 Å². The zero-order valence-corrected chi connectivity index (χ0v) is 16.5. The van der Waals surface area contributed by atoms with Gasteiger partial charge in [0.05, 0.1) is 5.56 Å². The lowest BCUT2D eigenvalue weighted by atomic mass is 9.82. The van der Waals surface area contributed by atoms with Gasteiger partial charge in [0.25, 0.3) is 0 Å². The van der Waals surface area contributed by atoms with E-state index in [1.807, 2.05) is 18.2 Å².